The van der Waals surface area contributed by atoms with Gasteiger partial charge in [-0.2, -0.15) is 5.10 Å². The number of amides is 2. The van der Waals surface area contributed by atoms with Gasteiger partial charge in [-0.1, -0.05) is 35.3 Å². The van der Waals surface area contributed by atoms with E-state index in [2.05, 4.69) is 21.2 Å². The van der Waals surface area contributed by atoms with Gasteiger partial charge in [0.1, 0.15) is 5.82 Å². The highest BCUT2D eigenvalue weighted by Crippen LogP contribution is 2.24. The van der Waals surface area contributed by atoms with Crippen molar-refractivity contribution in [3.63, 3.8) is 0 Å². The van der Waals surface area contributed by atoms with E-state index >= 15 is 0 Å². The van der Waals surface area contributed by atoms with Crippen LogP contribution in [0.2, 0.25) is 10.0 Å². The second-order valence-electron chi connectivity index (χ2n) is 6.03. The minimum atomic E-state index is -1.01. The molecule has 0 aliphatic heterocycles. The summed E-state index contributed by atoms with van der Waals surface area (Å²) < 4.78 is 13.2. The van der Waals surface area contributed by atoms with E-state index in [-0.39, 0.29) is 5.69 Å². The van der Waals surface area contributed by atoms with E-state index in [0.717, 1.165) is 11.8 Å². The maximum Gasteiger partial charge on any atom is 0.329 e. The van der Waals surface area contributed by atoms with Crippen LogP contribution in [0.5, 0.6) is 0 Å². The number of rotatable bonds is 5. The van der Waals surface area contributed by atoms with Crippen molar-refractivity contribution >= 4 is 58.3 Å². The van der Waals surface area contributed by atoms with Crippen LogP contribution >= 0.6 is 23.2 Å². The van der Waals surface area contributed by atoms with Gasteiger partial charge >= 0.3 is 11.8 Å². The van der Waals surface area contributed by atoms with Crippen molar-refractivity contribution in [3.8, 4) is 0 Å². The molecule has 2 amide bonds. The zero-order valence-corrected chi connectivity index (χ0v) is 16.8. The summed E-state index contributed by atoms with van der Waals surface area (Å²) in [6.07, 6.45) is 1.34. The predicted octanol–water partition coefficient (Wildman–Crippen LogP) is 4.96. The quantitative estimate of drug-likeness (QED) is 0.295. The first-order valence-electron chi connectivity index (χ1n) is 8.63. The molecule has 9 heteroatoms. The Balaban J connectivity index is 1.67. The summed E-state index contributed by atoms with van der Waals surface area (Å²) in [4.78, 5) is 23.8. The molecular formula is C21H15Cl2FN4O2. The number of nitrogens with zero attached hydrogens (tertiary/aromatic N) is 1. The Bertz CT molecular complexity index is 1120. The molecule has 0 radical (unpaired) electrons. The minimum Gasteiger partial charge on any atom is -0.355 e. The van der Waals surface area contributed by atoms with E-state index in [1.165, 1.54) is 24.4 Å². The van der Waals surface area contributed by atoms with Crippen LogP contribution < -0.4 is 16.1 Å². The Labute approximate surface area is 181 Å². The average molecular weight is 445 g/mol. The van der Waals surface area contributed by atoms with Crippen molar-refractivity contribution in [2.45, 2.75) is 0 Å². The summed E-state index contributed by atoms with van der Waals surface area (Å²) in [6.45, 7) is 0. The monoisotopic (exact) mass is 444 g/mol. The second kappa shape index (κ2) is 9.87. The molecule has 0 spiro atoms. The van der Waals surface area contributed by atoms with E-state index < -0.39 is 17.6 Å². The van der Waals surface area contributed by atoms with Gasteiger partial charge in [0.05, 0.1) is 6.21 Å². The molecule has 6 nitrogen and oxygen atoms in total. The molecule has 3 aromatic carbocycles. The van der Waals surface area contributed by atoms with Gasteiger partial charge in [0.15, 0.2) is 0 Å². The first-order chi connectivity index (χ1) is 14.4. The summed E-state index contributed by atoms with van der Waals surface area (Å²) in [5.74, 6) is -2.53. The fourth-order valence-corrected chi connectivity index (χ4v) is 2.81. The van der Waals surface area contributed by atoms with Crippen LogP contribution in [-0.4, -0.2) is 18.0 Å². The highest BCUT2D eigenvalue weighted by Gasteiger charge is 2.13. The molecular weight excluding hydrogens is 430 g/mol. The number of benzene rings is 3. The van der Waals surface area contributed by atoms with Crippen LogP contribution in [0.3, 0.4) is 0 Å². The summed E-state index contributed by atoms with van der Waals surface area (Å²) in [5, 5.41) is 10.3. The van der Waals surface area contributed by atoms with Gasteiger partial charge in [0, 0.05) is 32.7 Å². The normalized spacial score (nSPS) is 10.6. The molecule has 0 aliphatic rings. The van der Waals surface area contributed by atoms with Gasteiger partial charge in [0.25, 0.3) is 0 Å². The number of hydrogen-bond donors (Lipinski definition) is 3. The van der Waals surface area contributed by atoms with E-state index in [0.29, 0.717) is 21.3 Å². The van der Waals surface area contributed by atoms with Gasteiger partial charge in [-0.15, -0.1) is 0 Å². The Morgan fingerprint density at radius 1 is 0.867 bits per heavy atom. The first kappa shape index (κ1) is 21.3. The zero-order valence-electron chi connectivity index (χ0n) is 15.3. The van der Waals surface area contributed by atoms with E-state index in [1.807, 2.05) is 6.07 Å². The lowest BCUT2D eigenvalue weighted by Crippen LogP contribution is -2.32. The summed E-state index contributed by atoms with van der Waals surface area (Å²) in [7, 11) is 0. The largest absolute Gasteiger partial charge is 0.355 e. The summed E-state index contributed by atoms with van der Waals surface area (Å²) >= 11 is 12.0. The second-order valence-corrected chi connectivity index (χ2v) is 6.90. The number of halogens is 3. The Morgan fingerprint density at radius 3 is 2.37 bits per heavy atom. The highest BCUT2D eigenvalue weighted by atomic mass is 35.5. The number of carbonyl (C=O) groups is 2. The van der Waals surface area contributed by atoms with Crippen LogP contribution in [-0.2, 0) is 9.59 Å². The topological polar surface area (TPSA) is 82.6 Å². The molecule has 0 unspecified atom stereocenters. The number of carbonyl (C=O) groups excluding carboxylic acids is 2. The number of hydrogen-bond acceptors (Lipinski definition) is 4. The van der Waals surface area contributed by atoms with Crippen molar-refractivity contribution in [2.75, 3.05) is 10.6 Å². The van der Waals surface area contributed by atoms with Gasteiger partial charge in [-0.05, 0) is 54.6 Å². The third kappa shape index (κ3) is 6.04. The first-order valence-corrected chi connectivity index (χ1v) is 9.38. The molecule has 3 aromatic rings. The van der Waals surface area contributed by atoms with E-state index in [9.17, 15) is 14.0 Å². The number of nitrogens with one attached hydrogen (secondary N) is 3. The van der Waals surface area contributed by atoms with Crippen molar-refractivity contribution in [2.24, 2.45) is 5.10 Å². The van der Waals surface area contributed by atoms with Gasteiger partial charge < -0.3 is 10.6 Å². The molecule has 152 valence electrons. The van der Waals surface area contributed by atoms with Crippen LogP contribution in [0.4, 0.5) is 21.5 Å². The van der Waals surface area contributed by atoms with Crippen molar-refractivity contribution < 1.29 is 14.0 Å². The molecule has 0 fully saturated rings. The van der Waals surface area contributed by atoms with Gasteiger partial charge in [-0.25, -0.2) is 9.82 Å². The number of anilines is 3. The maximum absolute atomic E-state index is 13.2. The Hall–Kier alpha value is -3.42. The molecule has 0 atom stereocenters. The third-order valence-corrected chi connectivity index (χ3v) is 4.25. The van der Waals surface area contributed by atoms with E-state index in [1.54, 1.807) is 36.4 Å². The third-order valence-electron chi connectivity index (χ3n) is 3.78. The SMILES string of the molecule is O=C(N/N=C\c1cc(Cl)ccc1Nc1cccc(Cl)c1)C(=O)Nc1cccc(F)c1. The Morgan fingerprint density at radius 2 is 1.60 bits per heavy atom. The van der Waals surface area contributed by atoms with Crippen molar-refractivity contribution in [3.05, 3.63) is 88.2 Å². The van der Waals surface area contributed by atoms with Crippen LogP contribution in [0.1, 0.15) is 5.56 Å². The zero-order chi connectivity index (χ0) is 21.5. The standard InChI is InChI=1S/C21H15Cl2FN4O2/c22-14-3-1-5-17(10-14)26-19-8-7-15(23)9-13(19)12-25-28-21(30)20(29)27-18-6-2-4-16(24)11-18/h1-12,26H,(H,27,29)(H,28,30)/b25-12-. The molecule has 3 N–H and O–H groups in total. The van der Waals surface area contributed by atoms with Gasteiger partial charge in [0.2, 0.25) is 0 Å². The van der Waals surface area contributed by atoms with Crippen molar-refractivity contribution in [1.29, 1.82) is 0 Å². The lowest BCUT2D eigenvalue weighted by Gasteiger charge is -2.10. The van der Waals surface area contributed by atoms with E-state index in [4.69, 9.17) is 23.2 Å². The highest BCUT2D eigenvalue weighted by molar-refractivity contribution is 6.39. The van der Waals surface area contributed by atoms with Crippen molar-refractivity contribution in [1.82, 2.24) is 5.43 Å². The minimum absolute atomic E-state index is 0.155. The predicted molar refractivity (Wildman–Crippen MR) is 117 cm³/mol. The molecule has 0 aromatic heterocycles. The molecule has 0 saturated carbocycles. The fraction of sp³-hybridized carbons (Fsp3) is 0. The van der Waals surface area contributed by atoms with Crippen LogP contribution in [0.15, 0.2) is 71.8 Å². The summed E-state index contributed by atoms with van der Waals surface area (Å²) in [6, 6.07) is 17.4. The number of hydrazone groups is 1. The Kier molecular flexibility index (Phi) is 7.00. The molecule has 0 bridgehead atoms. The van der Waals surface area contributed by atoms with Crippen LogP contribution in [0.25, 0.3) is 0 Å². The average Bonchev–Trinajstić information content (AvgIpc) is 2.70. The molecule has 0 aliphatic carbocycles. The van der Waals surface area contributed by atoms with Crippen LogP contribution in [0, 0.1) is 5.82 Å². The fourth-order valence-electron chi connectivity index (χ4n) is 2.44. The molecule has 0 heterocycles. The molecule has 0 saturated heterocycles. The lowest BCUT2D eigenvalue weighted by atomic mass is 10.2. The molecule has 3 rings (SSSR count). The lowest BCUT2D eigenvalue weighted by molar-refractivity contribution is -0.136. The summed E-state index contributed by atoms with van der Waals surface area (Å²) in [5.41, 5.74) is 4.24. The maximum atomic E-state index is 13.2. The van der Waals surface area contributed by atoms with Gasteiger partial charge in [-0.3, -0.25) is 9.59 Å². The molecule has 30 heavy (non-hydrogen) atoms. The smallest absolute Gasteiger partial charge is 0.329 e.